The molecular weight excluding hydrogens is 272 g/mol. The van der Waals surface area contributed by atoms with E-state index in [0.717, 1.165) is 6.42 Å². The lowest BCUT2D eigenvalue weighted by molar-refractivity contribution is -0.146. The van der Waals surface area contributed by atoms with Gasteiger partial charge in [-0.2, -0.15) is 0 Å². The lowest BCUT2D eigenvalue weighted by Gasteiger charge is -2.31. The third-order valence-corrected chi connectivity index (χ3v) is 3.56. The highest BCUT2D eigenvalue weighted by atomic mass is 16.4. The fourth-order valence-electron chi connectivity index (χ4n) is 2.55. The van der Waals surface area contributed by atoms with Crippen molar-refractivity contribution in [1.29, 1.82) is 0 Å². The molecule has 1 unspecified atom stereocenters. The first-order valence-electron chi connectivity index (χ1n) is 7.06. The zero-order valence-corrected chi connectivity index (χ0v) is 12.3. The number of carbonyl (C=O) groups is 2. The first kappa shape index (κ1) is 15.2. The summed E-state index contributed by atoms with van der Waals surface area (Å²) in [7, 11) is 0. The monoisotopic (exact) mass is 292 g/mol. The summed E-state index contributed by atoms with van der Waals surface area (Å²) >= 11 is 0. The number of carbonyl (C=O) groups excluding carboxylic acids is 1. The lowest BCUT2D eigenvalue weighted by Crippen LogP contribution is -2.50. The summed E-state index contributed by atoms with van der Waals surface area (Å²) in [5.74, 6) is -0.651. The average molecular weight is 292 g/mol. The van der Waals surface area contributed by atoms with E-state index in [-0.39, 0.29) is 24.5 Å². The van der Waals surface area contributed by atoms with Crippen LogP contribution in [-0.4, -0.2) is 57.0 Å². The molecule has 1 aliphatic rings. The van der Waals surface area contributed by atoms with Crippen LogP contribution in [0.4, 0.5) is 5.95 Å². The van der Waals surface area contributed by atoms with Gasteiger partial charge in [0.15, 0.2) is 0 Å². The Morgan fingerprint density at radius 2 is 2.10 bits per heavy atom. The van der Waals surface area contributed by atoms with Gasteiger partial charge in [0.25, 0.3) is 0 Å². The molecular formula is C14H20N4O3. The highest BCUT2D eigenvalue weighted by Crippen LogP contribution is 2.24. The predicted octanol–water partition coefficient (Wildman–Crippen LogP) is 0.767. The van der Waals surface area contributed by atoms with E-state index in [1.54, 1.807) is 18.5 Å². The molecule has 1 fully saturated rings. The minimum absolute atomic E-state index is 0.159. The van der Waals surface area contributed by atoms with E-state index in [0.29, 0.717) is 18.9 Å². The molecule has 1 saturated heterocycles. The number of nitrogens with zero attached hydrogens (tertiary/aromatic N) is 4. The van der Waals surface area contributed by atoms with Crippen molar-refractivity contribution in [2.75, 3.05) is 18.0 Å². The molecule has 7 heteroatoms. The van der Waals surface area contributed by atoms with Crippen molar-refractivity contribution in [2.45, 2.75) is 38.8 Å². The Morgan fingerprint density at radius 1 is 1.43 bits per heavy atom. The number of rotatable bonds is 5. The van der Waals surface area contributed by atoms with E-state index in [4.69, 9.17) is 5.11 Å². The molecule has 0 bridgehead atoms. The Balaban J connectivity index is 2.18. The molecule has 114 valence electrons. The van der Waals surface area contributed by atoms with Gasteiger partial charge in [-0.1, -0.05) is 0 Å². The largest absolute Gasteiger partial charge is 0.480 e. The van der Waals surface area contributed by atoms with Crippen LogP contribution in [0.5, 0.6) is 0 Å². The van der Waals surface area contributed by atoms with E-state index >= 15 is 0 Å². The van der Waals surface area contributed by atoms with Crippen LogP contribution in [0.15, 0.2) is 18.5 Å². The van der Waals surface area contributed by atoms with Gasteiger partial charge in [-0.25, -0.2) is 9.97 Å². The molecule has 1 N–H and O–H groups in total. The molecule has 0 aliphatic carbocycles. The fraction of sp³-hybridized carbons (Fsp3) is 0.571. The Bertz CT molecular complexity index is 506. The van der Waals surface area contributed by atoms with Crippen molar-refractivity contribution >= 4 is 17.8 Å². The number of amides is 1. The minimum Gasteiger partial charge on any atom is -0.480 e. The van der Waals surface area contributed by atoms with E-state index in [1.807, 2.05) is 18.7 Å². The molecule has 0 radical (unpaired) electrons. The second-order valence-electron chi connectivity index (χ2n) is 5.35. The predicted molar refractivity (Wildman–Crippen MR) is 76.9 cm³/mol. The topological polar surface area (TPSA) is 86.6 Å². The molecule has 1 aliphatic heterocycles. The maximum absolute atomic E-state index is 12.7. The number of anilines is 1. The molecule has 2 rings (SSSR count). The SMILES string of the molecule is CC(C)N(CC(=O)O)C(=O)C1CCCN1c1ncccn1. The number of hydrogen-bond donors (Lipinski definition) is 1. The molecule has 7 nitrogen and oxygen atoms in total. The highest BCUT2D eigenvalue weighted by molar-refractivity contribution is 5.88. The second-order valence-corrected chi connectivity index (χ2v) is 5.35. The minimum atomic E-state index is -1.00. The normalized spacial score (nSPS) is 18.0. The molecule has 1 aromatic heterocycles. The Labute approximate surface area is 123 Å². The van der Waals surface area contributed by atoms with Crippen molar-refractivity contribution in [2.24, 2.45) is 0 Å². The summed E-state index contributed by atoms with van der Waals surface area (Å²) in [6, 6.07) is 1.18. The van der Waals surface area contributed by atoms with Crippen LogP contribution in [0.3, 0.4) is 0 Å². The first-order valence-corrected chi connectivity index (χ1v) is 7.06. The summed E-state index contributed by atoms with van der Waals surface area (Å²) in [4.78, 5) is 35.3. The van der Waals surface area contributed by atoms with Crippen LogP contribution < -0.4 is 4.90 Å². The van der Waals surface area contributed by atoms with Gasteiger partial charge in [-0.3, -0.25) is 9.59 Å². The van der Waals surface area contributed by atoms with Gasteiger partial charge in [0.05, 0.1) is 0 Å². The van der Waals surface area contributed by atoms with Crippen molar-refractivity contribution in [3.63, 3.8) is 0 Å². The molecule has 0 spiro atoms. The zero-order valence-electron chi connectivity index (χ0n) is 12.3. The second kappa shape index (κ2) is 6.51. The zero-order chi connectivity index (χ0) is 15.4. The Kier molecular flexibility index (Phi) is 4.72. The van der Waals surface area contributed by atoms with Crippen LogP contribution in [0, 0.1) is 0 Å². The molecule has 0 aromatic carbocycles. The van der Waals surface area contributed by atoms with Gasteiger partial charge >= 0.3 is 5.97 Å². The number of hydrogen-bond acceptors (Lipinski definition) is 5. The summed E-state index contributed by atoms with van der Waals surface area (Å²) in [6.07, 6.45) is 4.84. The van der Waals surface area contributed by atoms with Crippen molar-refractivity contribution in [3.05, 3.63) is 18.5 Å². The van der Waals surface area contributed by atoms with Gasteiger partial charge in [-0.05, 0) is 32.8 Å². The van der Waals surface area contributed by atoms with Crippen LogP contribution in [0.2, 0.25) is 0 Å². The third kappa shape index (κ3) is 3.48. The number of aromatic nitrogens is 2. The van der Waals surface area contributed by atoms with Crippen molar-refractivity contribution < 1.29 is 14.7 Å². The van der Waals surface area contributed by atoms with E-state index in [2.05, 4.69) is 9.97 Å². The van der Waals surface area contributed by atoms with E-state index in [9.17, 15) is 9.59 Å². The highest BCUT2D eigenvalue weighted by Gasteiger charge is 2.36. The standard InChI is InChI=1S/C14H20N4O3/c1-10(2)18(9-12(19)20)13(21)11-5-3-8-17(11)14-15-6-4-7-16-14/h4,6-7,10-11H,3,5,8-9H2,1-2H3,(H,19,20). The van der Waals surface area contributed by atoms with Crippen molar-refractivity contribution in [1.82, 2.24) is 14.9 Å². The van der Waals surface area contributed by atoms with E-state index in [1.165, 1.54) is 4.90 Å². The quantitative estimate of drug-likeness (QED) is 0.862. The summed E-state index contributed by atoms with van der Waals surface area (Å²) in [6.45, 7) is 4.06. The van der Waals surface area contributed by atoms with Crippen LogP contribution >= 0.6 is 0 Å². The van der Waals surface area contributed by atoms with Gasteiger partial charge in [-0.15, -0.1) is 0 Å². The van der Waals surface area contributed by atoms with E-state index < -0.39 is 5.97 Å². The average Bonchev–Trinajstić information content (AvgIpc) is 2.94. The van der Waals surface area contributed by atoms with Crippen LogP contribution in [0.1, 0.15) is 26.7 Å². The summed E-state index contributed by atoms with van der Waals surface area (Å²) in [5.41, 5.74) is 0. The molecule has 1 amide bonds. The molecule has 2 heterocycles. The molecule has 1 aromatic rings. The Hall–Kier alpha value is -2.18. The van der Waals surface area contributed by atoms with Gasteiger partial charge < -0.3 is 14.9 Å². The van der Waals surface area contributed by atoms with Gasteiger partial charge in [0.1, 0.15) is 12.6 Å². The fourth-order valence-corrected chi connectivity index (χ4v) is 2.55. The Morgan fingerprint density at radius 3 is 2.67 bits per heavy atom. The smallest absolute Gasteiger partial charge is 0.323 e. The van der Waals surface area contributed by atoms with Crippen LogP contribution in [0.25, 0.3) is 0 Å². The number of carboxylic acids is 1. The first-order chi connectivity index (χ1) is 10.0. The molecule has 0 saturated carbocycles. The third-order valence-electron chi connectivity index (χ3n) is 3.56. The lowest BCUT2D eigenvalue weighted by atomic mass is 10.1. The molecule has 1 atom stereocenters. The maximum atomic E-state index is 12.7. The molecule has 21 heavy (non-hydrogen) atoms. The summed E-state index contributed by atoms with van der Waals surface area (Å²) < 4.78 is 0. The number of carboxylic acid groups (broad SMARTS) is 1. The van der Waals surface area contributed by atoms with Crippen molar-refractivity contribution in [3.8, 4) is 0 Å². The summed E-state index contributed by atoms with van der Waals surface area (Å²) in [5, 5.41) is 8.98. The van der Waals surface area contributed by atoms with Crippen LogP contribution in [-0.2, 0) is 9.59 Å². The maximum Gasteiger partial charge on any atom is 0.323 e. The van der Waals surface area contributed by atoms with Gasteiger partial charge in [0.2, 0.25) is 11.9 Å². The number of aliphatic carboxylic acids is 1. The van der Waals surface area contributed by atoms with Gasteiger partial charge in [0, 0.05) is 25.0 Å².